The highest BCUT2D eigenvalue weighted by Gasteiger charge is 2.28. The van der Waals surface area contributed by atoms with Crippen LogP contribution in [-0.2, 0) is 0 Å². The van der Waals surface area contributed by atoms with Crippen LogP contribution in [0.1, 0.15) is 19.3 Å². The average Bonchev–Trinajstić information content (AvgIpc) is 2.33. The van der Waals surface area contributed by atoms with E-state index in [0.717, 1.165) is 32.4 Å². The van der Waals surface area contributed by atoms with Crippen LogP contribution in [0.5, 0.6) is 0 Å². The first-order valence-electron chi connectivity index (χ1n) is 6.15. The van der Waals surface area contributed by atoms with Gasteiger partial charge in [-0.05, 0) is 38.3 Å². The third-order valence-corrected chi connectivity index (χ3v) is 3.12. The third kappa shape index (κ3) is 6.09. The quantitative estimate of drug-likeness (QED) is 0.812. The van der Waals surface area contributed by atoms with Gasteiger partial charge in [0.25, 0.3) is 0 Å². The molecule has 2 amide bonds. The number of carbonyl (C=O) groups excluding carboxylic acids is 1. The van der Waals surface area contributed by atoms with Gasteiger partial charge in [0.15, 0.2) is 0 Å². The second-order valence-electron chi connectivity index (χ2n) is 4.68. The molecule has 0 saturated carbocycles. The van der Waals surface area contributed by atoms with Gasteiger partial charge in [0.05, 0.1) is 0 Å². The Kier molecular flexibility index (Phi) is 5.71. The van der Waals surface area contributed by atoms with E-state index in [-0.39, 0.29) is 0 Å². The first kappa shape index (κ1) is 15.1. The predicted molar refractivity (Wildman–Crippen MR) is 62.3 cm³/mol. The second-order valence-corrected chi connectivity index (χ2v) is 4.68. The lowest BCUT2D eigenvalue weighted by Crippen LogP contribution is -2.42. The monoisotopic (exact) mass is 267 g/mol. The molecular weight excluding hydrogens is 247 g/mol. The van der Waals surface area contributed by atoms with Gasteiger partial charge in [-0.3, -0.25) is 0 Å². The number of hydrogen-bond acceptors (Lipinski definition) is 2. The van der Waals surface area contributed by atoms with E-state index in [1.54, 1.807) is 0 Å². The maximum Gasteiger partial charge on any atom is 0.405 e. The van der Waals surface area contributed by atoms with Crippen LogP contribution >= 0.6 is 0 Å². The van der Waals surface area contributed by atoms with Gasteiger partial charge in [-0.2, -0.15) is 13.2 Å². The molecule has 0 aromatic carbocycles. The lowest BCUT2D eigenvalue weighted by molar-refractivity contribution is -0.123. The van der Waals surface area contributed by atoms with E-state index in [1.807, 2.05) is 5.32 Å². The predicted octanol–water partition coefficient (Wildman–Crippen LogP) is 1.58. The highest BCUT2D eigenvalue weighted by Crippen LogP contribution is 2.16. The van der Waals surface area contributed by atoms with Crippen LogP contribution in [0.25, 0.3) is 0 Å². The van der Waals surface area contributed by atoms with Crippen molar-refractivity contribution in [2.75, 3.05) is 33.2 Å². The smallest absolute Gasteiger partial charge is 0.329 e. The average molecular weight is 267 g/mol. The molecule has 0 unspecified atom stereocenters. The molecule has 0 aromatic rings. The zero-order valence-electron chi connectivity index (χ0n) is 10.5. The number of piperidine rings is 1. The van der Waals surface area contributed by atoms with E-state index < -0.39 is 18.8 Å². The standard InChI is InChI=1S/C11H20F3N3O/c1-17(10(18)16-8-11(12,13)14)7-4-9-2-5-15-6-3-9/h9,15H,2-8H2,1H3,(H,16,18). The Balaban J connectivity index is 2.18. The highest BCUT2D eigenvalue weighted by atomic mass is 19.4. The van der Waals surface area contributed by atoms with Crippen molar-refractivity contribution in [3.05, 3.63) is 0 Å². The van der Waals surface area contributed by atoms with Gasteiger partial charge in [-0.25, -0.2) is 4.79 Å². The second kappa shape index (κ2) is 6.82. The fourth-order valence-corrected chi connectivity index (χ4v) is 1.96. The van der Waals surface area contributed by atoms with Crippen LogP contribution in [0.3, 0.4) is 0 Å². The minimum absolute atomic E-state index is 0.494. The largest absolute Gasteiger partial charge is 0.405 e. The number of nitrogens with zero attached hydrogens (tertiary/aromatic N) is 1. The summed E-state index contributed by atoms with van der Waals surface area (Å²) in [5, 5.41) is 5.10. The van der Waals surface area contributed by atoms with Crippen molar-refractivity contribution in [1.82, 2.24) is 15.5 Å². The Morgan fingerprint density at radius 3 is 2.56 bits per heavy atom. The summed E-state index contributed by atoms with van der Waals surface area (Å²) in [4.78, 5) is 12.7. The Morgan fingerprint density at radius 1 is 1.39 bits per heavy atom. The summed E-state index contributed by atoms with van der Waals surface area (Å²) < 4.78 is 35.7. The summed E-state index contributed by atoms with van der Waals surface area (Å²) in [7, 11) is 1.52. The van der Waals surface area contributed by atoms with Gasteiger partial charge < -0.3 is 15.5 Å². The number of hydrogen-bond donors (Lipinski definition) is 2. The molecule has 4 nitrogen and oxygen atoms in total. The van der Waals surface area contributed by atoms with E-state index in [9.17, 15) is 18.0 Å². The van der Waals surface area contributed by atoms with Crippen molar-refractivity contribution in [2.45, 2.75) is 25.4 Å². The van der Waals surface area contributed by atoms with Gasteiger partial charge in [0.2, 0.25) is 0 Å². The number of alkyl halides is 3. The molecule has 1 aliphatic rings. The number of rotatable bonds is 4. The van der Waals surface area contributed by atoms with Crippen LogP contribution in [-0.4, -0.2) is 50.3 Å². The Morgan fingerprint density at radius 2 is 2.00 bits per heavy atom. The first-order valence-corrected chi connectivity index (χ1v) is 6.15. The Bertz CT molecular complexity index is 265. The maximum absolute atomic E-state index is 11.9. The molecule has 0 radical (unpaired) electrons. The summed E-state index contributed by atoms with van der Waals surface area (Å²) in [6.45, 7) is 1.18. The fourth-order valence-electron chi connectivity index (χ4n) is 1.96. The van der Waals surface area contributed by atoms with Gasteiger partial charge in [-0.1, -0.05) is 0 Å². The van der Waals surface area contributed by atoms with Gasteiger partial charge in [0, 0.05) is 13.6 Å². The summed E-state index contributed by atoms with van der Waals surface area (Å²) in [5.74, 6) is 0.559. The van der Waals surface area contributed by atoms with E-state index in [0.29, 0.717) is 12.5 Å². The van der Waals surface area contributed by atoms with E-state index >= 15 is 0 Å². The minimum Gasteiger partial charge on any atom is -0.329 e. The lowest BCUT2D eigenvalue weighted by atomic mass is 9.94. The molecule has 7 heteroatoms. The van der Waals surface area contributed by atoms with Gasteiger partial charge >= 0.3 is 12.2 Å². The third-order valence-electron chi connectivity index (χ3n) is 3.12. The number of halogens is 3. The summed E-state index contributed by atoms with van der Waals surface area (Å²) >= 11 is 0. The molecule has 0 spiro atoms. The van der Waals surface area contributed by atoms with Crippen molar-refractivity contribution in [2.24, 2.45) is 5.92 Å². The van der Waals surface area contributed by atoms with Gasteiger partial charge in [-0.15, -0.1) is 0 Å². The first-order chi connectivity index (χ1) is 8.38. The molecule has 0 bridgehead atoms. The minimum atomic E-state index is -4.36. The zero-order chi connectivity index (χ0) is 13.6. The number of nitrogens with one attached hydrogen (secondary N) is 2. The normalized spacial score (nSPS) is 17.6. The van der Waals surface area contributed by atoms with Crippen molar-refractivity contribution in [3.63, 3.8) is 0 Å². The molecule has 1 aliphatic heterocycles. The molecule has 1 saturated heterocycles. The summed E-state index contributed by atoms with van der Waals surface area (Å²) in [5.41, 5.74) is 0. The van der Waals surface area contributed by atoms with Gasteiger partial charge in [0.1, 0.15) is 6.54 Å². The Labute approximate surface area is 105 Å². The highest BCUT2D eigenvalue weighted by molar-refractivity contribution is 5.73. The van der Waals surface area contributed by atoms with E-state index in [1.165, 1.54) is 11.9 Å². The number of urea groups is 1. The van der Waals surface area contributed by atoms with Crippen molar-refractivity contribution >= 4 is 6.03 Å². The SMILES string of the molecule is CN(CCC1CCNCC1)C(=O)NCC(F)(F)F. The van der Waals surface area contributed by atoms with E-state index in [2.05, 4.69) is 5.32 Å². The van der Waals surface area contributed by atoms with Crippen LogP contribution in [0.2, 0.25) is 0 Å². The van der Waals surface area contributed by atoms with Crippen LogP contribution in [0.4, 0.5) is 18.0 Å². The Hall–Kier alpha value is -0.980. The lowest BCUT2D eigenvalue weighted by Gasteiger charge is -2.25. The molecule has 1 fully saturated rings. The van der Waals surface area contributed by atoms with E-state index in [4.69, 9.17) is 0 Å². The van der Waals surface area contributed by atoms with Crippen molar-refractivity contribution < 1.29 is 18.0 Å². The molecular formula is C11H20F3N3O. The molecule has 0 atom stereocenters. The van der Waals surface area contributed by atoms with Crippen LogP contribution in [0, 0.1) is 5.92 Å². The molecule has 18 heavy (non-hydrogen) atoms. The molecule has 1 rings (SSSR count). The molecule has 0 aliphatic carbocycles. The number of amides is 2. The summed E-state index contributed by atoms with van der Waals surface area (Å²) in [6, 6.07) is -0.666. The van der Waals surface area contributed by atoms with Crippen molar-refractivity contribution in [1.29, 1.82) is 0 Å². The zero-order valence-corrected chi connectivity index (χ0v) is 10.5. The topological polar surface area (TPSA) is 44.4 Å². The molecule has 0 aromatic heterocycles. The molecule has 1 heterocycles. The fraction of sp³-hybridized carbons (Fsp3) is 0.909. The van der Waals surface area contributed by atoms with Crippen LogP contribution < -0.4 is 10.6 Å². The molecule has 2 N–H and O–H groups in total. The maximum atomic E-state index is 11.9. The summed E-state index contributed by atoms with van der Waals surface area (Å²) in [6.07, 6.45) is -1.38. The molecule has 106 valence electrons. The number of carbonyl (C=O) groups is 1. The van der Waals surface area contributed by atoms with Crippen LogP contribution in [0.15, 0.2) is 0 Å². The van der Waals surface area contributed by atoms with Crippen molar-refractivity contribution in [3.8, 4) is 0 Å².